The van der Waals surface area contributed by atoms with Gasteiger partial charge in [0.1, 0.15) is 5.82 Å². The third kappa shape index (κ3) is 2.92. The Kier molecular flexibility index (Phi) is 3.71. The summed E-state index contributed by atoms with van der Waals surface area (Å²) in [6, 6.07) is 14.8. The molecule has 1 fully saturated rings. The number of nitrogens with zero attached hydrogens (tertiary/aromatic N) is 4. The zero-order chi connectivity index (χ0) is 15.6. The van der Waals surface area contributed by atoms with Gasteiger partial charge in [-0.3, -0.25) is 0 Å². The highest BCUT2D eigenvalue weighted by Crippen LogP contribution is 2.21. The highest BCUT2D eigenvalue weighted by atomic mass is 15.3. The Morgan fingerprint density at radius 1 is 1.04 bits per heavy atom. The smallest absolute Gasteiger partial charge is 0.154 e. The third-order valence-electron chi connectivity index (χ3n) is 4.50. The number of anilines is 1. The Morgan fingerprint density at radius 3 is 2.61 bits per heavy atom. The number of hydrogen-bond acceptors (Lipinski definition) is 4. The van der Waals surface area contributed by atoms with Crippen LogP contribution in [0.2, 0.25) is 0 Å². The molecule has 0 saturated carbocycles. The molecule has 1 saturated heterocycles. The molecule has 118 valence electrons. The van der Waals surface area contributed by atoms with Crippen molar-refractivity contribution in [1.29, 1.82) is 0 Å². The number of aromatic nitrogens is 3. The van der Waals surface area contributed by atoms with Crippen LogP contribution < -0.4 is 5.32 Å². The van der Waals surface area contributed by atoms with E-state index in [2.05, 4.69) is 34.4 Å². The second-order valence-electron chi connectivity index (χ2n) is 6.22. The quantitative estimate of drug-likeness (QED) is 0.808. The van der Waals surface area contributed by atoms with Gasteiger partial charge >= 0.3 is 0 Å². The van der Waals surface area contributed by atoms with E-state index in [0.717, 1.165) is 48.7 Å². The van der Waals surface area contributed by atoms with Crippen LogP contribution in [0.5, 0.6) is 0 Å². The van der Waals surface area contributed by atoms with Crippen LogP contribution in [0.3, 0.4) is 0 Å². The Morgan fingerprint density at radius 2 is 1.83 bits per heavy atom. The molecule has 23 heavy (non-hydrogen) atoms. The van der Waals surface area contributed by atoms with Gasteiger partial charge in [-0.05, 0) is 45.1 Å². The molecule has 2 aromatic heterocycles. The predicted octanol–water partition coefficient (Wildman–Crippen LogP) is 2.90. The van der Waals surface area contributed by atoms with Crippen molar-refractivity contribution in [1.82, 2.24) is 19.5 Å². The maximum absolute atomic E-state index is 4.75. The molecular formula is C18H21N5. The monoisotopic (exact) mass is 307 g/mol. The van der Waals surface area contributed by atoms with Crippen LogP contribution >= 0.6 is 0 Å². The van der Waals surface area contributed by atoms with Gasteiger partial charge in [0.05, 0.1) is 11.9 Å². The third-order valence-corrected chi connectivity index (χ3v) is 4.50. The van der Waals surface area contributed by atoms with Crippen LogP contribution in [0, 0.1) is 0 Å². The predicted molar refractivity (Wildman–Crippen MR) is 92.6 cm³/mol. The van der Waals surface area contributed by atoms with Gasteiger partial charge < -0.3 is 10.2 Å². The summed E-state index contributed by atoms with van der Waals surface area (Å²) in [5.41, 5.74) is 3.02. The van der Waals surface area contributed by atoms with Crippen LogP contribution in [0.4, 0.5) is 5.82 Å². The van der Waals surface area contributed by atoms with E-state index in [1.165, 1.54) is 0 Å². The van der Waals surface area contributed by atoms with E-state index in [9.17, 15) is 0 Å². The average Bonchev–Trinajstić information content (AvgIpc) is 3.01. The first-order chi connectivity index (χ1) is 11.3. The Hall–Kier alpha value is -2.40. The first-order valence-electron chi connectivity index (χ1n) is 8.15. The average molecular weight is 307 g/mol. The molecule has 1 N–H and O–H groups in total. The van der Waals surface area contributed by atoms with Crippen LogP contribution in [0.15, 0.2) is 48.7 Å². The first-order valence-corrected chi connectivity index (χ1v) is 8.15. The Bertz CT molecular complexity index is 788. The number of imidazole rings is 1. The van der Waals surface area contributed by atoms with Crippen LogP contribution in [0.25, 0.3) is 16.9 Å². The van der Waals surface area contributed by atoms with Crippen molar-refractivity contribution in [3.63, 3.8) is 0 Å². The van der Waals surface area contributed by atoms with E-state index in [4.69, 9.17) is 5.10 Å². The minimum atomic E-state index is 0.500. The van der Waals surface area contributed by atoms with E-state index in [0.29, 0.717) is 6.04 Å². The normalized spacial score (nSPS) is 16.7. The molecule has 0 radical (unpaired) electrons. The van der Waals surface area contributed by atoms with Crippen LogP contribution in [0.1, 0.15) is 12.8 Å². The number of benzene rings is 1. The summed E-state index contributed by atoms with van der Waals surface area (Å²) in [6.07, 6.45) is 4.20. The fourth-order valence-corrected chi connectivity index (χ4v) is 3.12. The first kappa shape index (κ1) is 14.2. The second kappa shape index (κ2) is 6.01. The molecule has 5 heteroatoms. The van der Waals surface area contributed by atoms with E-state index in [1.807, 2.05) is 41.0 Å². The van der Waals surface area contributed by atoms with Gasteiger partial charge in [0, 0.05) is 11.6 Å². The number of fused-ring (bicyclic) bond motifs is 1. The van der Waals surface area contributed by atoms with Gasteiger partial charge in [0.25, 0.3) is 0 Å². The zero-order valence-corrected chi connectivity index (χ0v) is 13.3. The lowest BCUT2D eigenvalue weighted by atomic mass is 10.1. The number of nitrogens with one attached hydrogen (secondary N) is 1. The maximum atomic E-state index is 4.75. The lowest BCUT2D eigenvalue weighted by Crippen LogP contribution is -2.36. The number of likely N-dealkylation sites (tertiary alicyclic amines) is 1. The molecule has 0 spiro atoms. The summed E-state index contributed by atoms with van der Waals surface area (Å²) in [7, 11) is 2.18. The number of piperidine rings is 1. The summed E-state index contributed by atoms with van der Waals surface area (Å²) in [5.74, 6) is 0.919. The second-order valence-corrected chi connectivity index (χ2v) is 6.22. The van der Waals surface area contributed by atoms with Crippen molar-refractivity contribution in [2.24, 2.45) is 0 Å². The molecular weight excluding hydrogens is 286 g/mol. The van der Waals surface area contributed by atoms with Crippen molar-refractivity contribution in [2.75, 3.05) is 25.5 Å². The van der Waals surface area contributed by atoms with Crippen molar-refractivity contribution in [3.05, 3.63) is 48.7 Å². The molecule has 0 aliphatic carbocycles. The van der Waals surface area contributed by atoms with Gasteiger partial charge in [-0.25, -0.2) is 9.50 Å². The highest BCUT2D eigenvalue weighted by molar-refractivity contribution is 5.63. The molecule has 3 heterocycles. The summed E-state index contributed by atoms with van der Waals surface area (Å²) in [5, 5.41) is 8.33. The SMILES string of the molecule is CN1CCC(Nc2ccc3ncc(-c4ccccc4)n3n2)CC1. The van der Waals surface area contributed by atoms with E-state index in [-0.39, 0.29) is 0 Å². The van der Waals surface area contributed by atoms with E-state index in [1.54, 1.807) is 0 Å². The highest BCUT2D eigenvalue weighted by Gasteiger charge is 2.17. The molecule has 1 aliphatic rings. The fraction of sp³-hybridized carbons (Fsp3) is 0.333. The summed E-state index contributed by atoms with van der Waals surface area (Å²) < 4.78 is 1.92. The molecule has 4 rings (SSSR count). The minimum Gasteiger partial charge on any atom is -0.366 e. The van der Waals surface area contributed by atoms with Crippen molar-refractivity contribution in [2.45, 2.75) is 18.9 Å². The van der Waals surface area contributed by atoms with E-state index >= 15 is 0 Å². The standard InChI is InChI=1S/C18H21N5/c1-22-11-9-15(10-12-22)20-17-7-8-18-19-13-16(23(18)21-17)14-5-3-2-4-6-14/h2-8,13,15H,9-12H2,1H3,(H,20,21). The van der Waals surface area contributed by atoms with Gasteiger partial charge in [0.2, 0.25) is 0 Å². The van der Waals surface area contributed by atoms with Crippen molar-refractivity contribution in [3.8, 4) is 11.3 Å². The summed E-state index contributed by atoms with van der Waals surface area (Å²) >= 11 is 0. The molecule has 0 unspecified atom stereocenters. The van der Waals surface area contributed by atoms with Gasteiger partial charge in [0.15, 0.2) is 5.65 Å². The summed E-state index contributed by atoms with van der Waals surface area (Å²) in [6.45, 7) is 2.28. The number of hydrogen-bond donors (Lipinski definition) is 1. The molecule has 0 atom stereocenters. The molecule has 0 bridgehead atoms. The lowest BCUT2D eigenvalue weighted by Gasteiger charge is -2.29. The van der Waals surface area contributed by atoms with Crippen molar-refractivity contribution >= 4 is 11.5 Å². The van der Waals surface area contributed by atoms with Gasteiger partial charge in [-0.1, -0.05) is 30.3 Å². The fourth-order valence-electron chi connectivity index (χ4n) is 3.12. The molecule has 0 amide bonds. The van der Waals surface area contributed by atoms with Crippen LogP contribution in [-0.4, -0.2) is 45.7 Å². The Labute approximate surface area is 136 Å². The summed E-state index contributed by atoms with van der Waals surface area (Å²) in [4.78, 5) is 6.83. The van der Waals surface area contributed by atoms with Gasteiger partial charge in [-0.2, -0.15) is 0 Å². The zero-order valence-electron chi connectivity index (χ0n) is 13.3. The van der Waals surface area contributed by atoms with Crippen LogP contribution in [-0.2, 0) is 0 Å². The molecule has 5 nitrogen and oxygen atoms in total. The molecule has 1 aliphatic heterocycles. The number of rotatable bonds is 3. The largest absolute Gasteiger partial charge is 0.366 e. The van der Waals surface area contributed by atoms with E-state index < -0.39 is 0 Å². The Balaban J connectivity index is 1.62. The topological polar surface area (TPSA) is 45.5 Å². The molecule has 1 aromatic carbocycles. The minimum absolute atomic E-state index is 0.500. The van der Waals surface area contributed by atoms with Crippen molar-refractivity contribution < 1.29 is 0 Å². The van der Waals surface area contributed by atoms with Gasteiger partial charge in [-0.15, -0.1) is 5.10 Å². The molecule has 3 aromatic rings. The maximum Gasteiger partial charge on any atom is 0.154 e. The lowest BCUT2D eigenvalue weighted by molar-refractivity contribution is 0.263.